The van der Waals surface area contributed by atoms with Gasteiger partial charge in [0.2, 0.25) is 0 Å². The smallest absolute Gasteiger partial charge is 0.422 e. The number of nitrogens with zero attached hydrogens (tertiary/aromatic N) is 1. The van der Waals surface area contributed by atoms with Gasteiger partial charge in [-0.3, -0.25) is 4.99 Å². The third-order valence-electron chi connectivity index (χ3n) is 0.801. The molecule has 0 unspecified atom stereocenters. The van der Waals surface area contributed by atoms with E-state index in [1.54, 1.807) is 19.9 Å². The van der Waals surface area contributed by atoms with Crippen LogP contribution < -0.4 is 0 Å². The molecule has 0 aliphatic rings. The second kappa shape index (κ2) is 4.29. The predicted octanol–water partition coefficient (Wildman–Crippen LogP) is -0.00710. The first-order chi connectivity index (χ1) is 4.18. The van der Waals surface area contributed by atoms with Crippen molar-refractivity contribution in [1.29, 1.82) is 0 Å². The Labute approximate surface area is 54.9 Å². The fourth-order valence-corrected chi connectivity index (χ4v) is 0.259. The molecule has 3 nitrogen and oxygen atoms in total. The van der Waals surface area contributed by atoms with Gasteiger partial charge in [-0.25, -0.2) is 0 Å². The summed E-state index contributed by atoms with van der Waals surface area (Å²) in [5.41, 5.74) is 0.299. The fraction of sp³-hybridized carbons (Fsp3) is 0.400. The van der Waals surface area contributed by atoms with Gasteiger partial charge in [-0.15, -0.1) is 0 Å². The number of hydrogen-bond donors (Lipinski definition) is 2. The van der Waals surface area contributed by atoms with Gasteiger partial charge in [-0.2, -0.15) is 0 Å². The molecule has 0 saturated heterocycles. The molecule has 2 N–H and O–H groups in total. The molecule has 0 fully saturated rings. The predicted molar refractivity (Wildman–Crippen MR) is 38.1 cm³/mol. The first-order valence-electron chi connectivity index (χ1n) is 2.70. The standard InChI is InChI=1S/C5H10BNO2/c1-3-4-7-5(2)6(8)9/h3-4,8-9H,1-2H3/b4-3-,7-5?. The van der Waals surface area contributed by atoms with Gasteiger partial charge in [-0.05, 0) is 13.8 Å². The summed E-state index contributed by atoms with van der Waals surface area (Å²) in [7, 11) is -1.43. The molecule has 50 valence electrons. The van der Waals surface area contributed by atoms with Crippen LogP contribution in [-0.2, 0) is 0 Å². The molecule has 0 aliphatic heterocycles. The van der Waals surface area contributed by atoms with E-state index < -0.39 is 7.12 Å². The van der Waals surface area contributed by atoms with Crippen LogP contribution in [-0.4, -0.2) is 22.8 Å². The van der Waals surface area contributed by atoms with Crippen LogP contribution in [0, 0.1) is 0 Å². The van der Waals surface area contributed by atoms with Crippen molar-refractivity contribution in [3.63, 3.8) is 0 Å². The molecular formula is C5H10BNO2. The average molecular weight is 127 g/mol. The lowest BCUT2D eigenvalue weighted by Gasteiger charge is -1.91. The average Bonchev–Trinajstić information content (AvgIpc) is 1.82. The Kier molecular flexibility index (Phi) is 4.00. The Morgan fingerprint density at radius 1 is 1.56 bits per heavy atom. The van der Waals surface area contributed by atoms with Crippen molar-refractivity contribution in [3.8, 4) is 0 Å². The fourth-order valence-electron chi connectivity index (χ4n) is 0.259. The highest BCUT2D eigenvalue weighted by Gasteiger charge is 2.08. The molecule has 0 aromatic rings. The monoisotopic (exact) mass is 127 g/mol. The molecule has 0 atom stereocenters. The molecule has 0 rings (SSSR count). The first-order valence-corrected chi connectivity index (χ1v) is 2.70. The topological polar surface area (TPSA) is 52.8 Å². The van der Waals surface area contributed by atoms with Crippen LogP contribution in [0.5, 0.6) is 0 Å². The van der Waals surface area contributed by atoms with E-state index in [4.69, 9.17) is 10.0 Å². The van der Waals surface area contributed by atoms with Gasteiger partial charge >= 0.3 is 7.12 Å². The van der Waals surface area contributed by atoms with Crippen LogP contribution in [0.25, 0.3) is 0 Å². The number of allylic oxidation sites excluding steroid dienone is 1. The van der Waals surface area contributed by atoms with E-state index in [0.29, 0.717) is 5.61 Å². The van der Waals surface area contributed by atoms with E-state index >= 15 is 0 Å². The minimum atomic E-state index is -1.43. The van der Waals surface area contributed by atoms with Crippen molar-refractivity contribution >= 4 is 12.7 Å². The van der Waals surface area contributed by atoms with Gasteiger partial charge < -0.3 is 10.0 Å². The number of rotatable bonds is 2. The molecule has 0 radical (unpaired) electrons. The Morgan fingerprint density at radius 3 is 2.44 bits per heavy atom. The van der Waals surface area contributed by atoms with E-state index in [9.17, 15) is 0 Å². The van der Waals surface area contributed by atoms with Crippen LogP contribution in [0.15, 0.2) is 17.3 Å². The minimum Gasteiger partial charge on any atom is -0.422 e. The molecule has 0 saturated carbocycles. The molecule has 0 amide bonds. The molecular weight excluding hydrogens is 117 g/mol. The summed E-state index contributed by atoms with van der Waals surface area (Å²) in [5.74, 6) is 0. The highest BCUT2D eigenvalue weighted by atomic mass is 16.4. The molecule has 9 heavy (non-hydrogen) atoms. The lowest BCUT2D eigenvalue weighted by atomic mass is 9.85. The highest BCUT2D eigenvalue weighted by Crippen LogP contribution is 1.81. The second-order valence-electron chi connectivity index (χ2n) is 1.63. The van der Waals surface area contributed by atoms with Crippen LogP contribution in [0.3, 0.4) is 0 Å². The molecule has 0 aromatic carbocycles. The normalized spacial score (nSPS) is 12.7. The highest BCUT2D eigenvalue weighted by molar-refractivity contribution is 6.79. The van der Waals surface area contributed by atoms with Gasteiger partial charge in [0.05, 0.1) is 0 Å². The summed E-state index contributed by atoms with van der Waals surface area (Å²) in [6, 6.07) is 0. The van der Waals surface area contributed by atoms with Crippen LogP contribution in [0.2, 0.25) is 0 Å². The van der Waals surface area contributed by atoms with Crippen molar-refractivity contribution < 1.29 is 10.0 Å². The van der Waals surface area contributed by atoms with Gasteiger partial charge in [0, 0.05) is 11.8 Å². The van der Waals surface area contributed by atoms with Gasteiger partial charge in [-0.1, -0.05) is 6.08 Å². The van der Waals surface area contributed by atoms with Crippen molar-refractivity contribution in [2.24, 2.45) is 4.99 Å². The van der Waals surface area contributed by atoms with Gasteiger partial charge in [0.25, 0.3) is 0 Å². The molecule has 0 heterocycles. The second-order valence-corrected chi connectivity index (χ2v) is 1.63. The van der Waals surface area contributed by atoms with E-state index in [-0.39, 0.29) is 0 Å². The Bertz CT molecular complexity index is 131. The maximum atomic E-state index is 8.44. The third kappa shape index (κ3) is 3.94. The lowest BCUT2D eigenvalue weighted by Crippen LogP contribution is -2.21. The molecule has 0 aliphatic carbocycles. The number of aliphatic imine (C=N–C) groups is 1. The first kappa shape index (κ1) is 8.39. The maximum absolute atomic E-state index is 8.44. The van der Waals surface area contributed by atoms with Crippen LogP contribution >= 0.6 is 0 Å². The molecule has 0 spiro atoms. The third-order valence-corrected chi connectivity index (χ3v) is 0.801. The van der Waals surface area contributed by atoms with Crippen molar-refractivity contribution in [2.75, 3.05) is 0 Å². The van der Waals surface area contributed by atoms with Crippen LogP contribution in [0.4, 0.5) is 0 Å². The summed E-state index contributed by atoms with van der Waals surface area (Å²) in [6.45, 7) is 3.35. The van der Waals surface area contributed by atoms with Crippen molar-refractivity contribution in [1.82, 2.24) is 0 Å². The Balaban J connectivity index is 3.84. The summed E-state index contributed by atoms with van der Waals surface area (Å²) in [5, 5.41) is 16.9. The molecule has 4 heteroatoms. The molecule has 0 bridgehead atoms. The zero-order valence-electron chi connectivity index (χ0n) is 5.57. The largest absolute Gasteiger partial charge is 0.503 e. The maximum Gasteiger partial charge on any atom is 0.503 e. The van der Waals surface area contributed by atoms with E-state index in [0.717, 1.165) is 0 Å². The minimum absolute atomic E-state index is 0.299. The zero-order valence-corrected chi connectivity index (χ0v) is 5.57. The SMILES string of the molecule is C/C=C\N=C(C)B(O)O. The lowest BCUT2D eigenvalue weighted by molar-refractivity contribution is 0.430. The summed E-state index contributed by atoms with van der Waals surface area (Å²) < 4.78 is 0. The van der Waals surface area contributed by atoms with Crippen molar-refractivity contribution in [2.45, 2.75) is 13.8 Å². The summed E-state index contributed by atoms with van der Waals surface area (Å²) >= 11 is 0. The summed E-state index contributed by atoms with van der Waals surface area (Å²) in [4.78, 5) is 3.68. The zero-order chi connectivity index (χ0) is 7.28. The Hall–Kier alpha value is -0.605. The van der Waals surface area contributed by atoms with E-state index in [1.165, 1.54) is 6.20 Å². The van der Waals surface area contributed by atoms with Gasteiger partial charge in [0.1, 0.15) is 0 Å². The van der Waals surface area contributed by atoms with Crippen LogP contribution in [0.1, 0.15) is 13.8 Å². The number of hydrogen-bond acceptors (Lipinski definition) is 3. The molecule has 0 aromatic heterocycles. The Morgan fingerprint density at radius 2 is 2.11 bits per heavy atom. The quantitative estimate of drug-likeness (QED) is 0.405. The van der Waals surface area contributed by atoms with E-state index in [1.807, 2.05) is 0 Å². The van der Waals surface area contributed by atoms with Crippen molar-refractivity contribution in [3.05, 3.63) is 12.3 Å². The van der Waals surface area contributed by atoms with E-state index in [2.05, 4.69) is 4.99 Å². The summed E-state index contributed by atoms with van der Waals surface area (Å²) in [6.07, 6.45) is 3.22. The van der Waals surface area contributed by atoms with Gasteiger partial charge in [0.15, 0.2) is 0 Å².